The highest BCUT2D eigenvalue weighted by Gasteiger charge is 2.36. The number of rotatable bonds is 7. The lowest BCUT2D eigenvalue weighted by molar-refractivity contribution is -0.384. The summed E-state index contributed by atoms with van der Waals surface area (Å²) in [6.45, 7) is 3.29. The van der Waals surface area contributed by atoms with Gasteiger partial charge in [0.2, 0.25) is 5.91 Å². The Bertz CT molecular complexity index is 1270. The maximum absolute atomic E-state index is 14.7. The van der Waals surface area contributed by atoms with Crippen molar-refractivity contribution in [1.29, 1.82) is 0 Å². The Morgan fingerprint density at radius 2 is 1.83 bits per heavy atom. The van der Waals surface area contributed by atoms with Crippen LogP contribution < -0.4 is 10.2 Å². The number of aromatic nitrogens is 2. The summed E-state index contributed by atoms with van der Waals surface area (Å²) in [6, 6.07) is 8.48. The molecule has 0 saturated heterocycles. The van der Waals surface area contributed by atoms with E-state index in [0.29, 0.717) is 16.0 Å². The third-order valence-corrected chi connectivity index (χ3v) is 7.02. The maximum atomic E-state index is 14.7. The number of nitrogens with zero attached hydrogens (tertiary/aromatic N) is 4. The van der Waals surface area contributed by atoms with Crippen LogP contribution in [-0.2, 0) is 4.79 Å². The molecule has 1 aliphatic rings. The summed E-state index contributed by atoms with van der Waals surface area (Å²) in [4.78, 5) is 40.0. The predicted octanol–water partition coefficient (Wildman–Crippen LogP) is 5.04. The number of non-ortho nitro benzene ring substituents is 1. The van der Waals surface area contributed by atoms with Crippen LogP contribution in [0.1, 0.15) is 64.6 Å². The number of aryl methyl sites for hydroxylation is 2. The van der Waals surface area contributed by atoms with Gasteiger partial charge in [0.05, 0.1) is 9.80 Å². The van der Waals surface area contributed by atoms with E-state index in [9.17, 15) is 24.1 Å². The lowest BCUT2D eigenvalue weighted by atomic mass is 9.94. The number of hydrogen-bond acceptors (Lipinski definition) is 7. The van der Waals surface area contributed by atoms with Gasteiger partial charge >= 0.3 is 0 Å². The second-order valence-corrected chi connectivity index (χ2v) is 9.84. The first kappa shape index (κ1) is 25.4. The Balaban J connectivity index is 1.84. The highest BCUT2D eigenvalue weighted by Crippen LogP contribution is 2.33. The molecule has 188 valence electrons. The zero-order valence-corrected chi connectivity index (χ0v) is 20.8. The molecule has 0 aliphatic heterocycles. The quantitative estimate of drug-likeness (QED) is 0.351. The SMILES string of the molecule is Cc1ccc(N(C(=O)c2nnsc2C)C(C(=O)NC2CCCCC2)c2ccc([N+](=O)[O-])cc2)cc1F. The van der Waals surface area contributed by atoms with Crippen molar-refractivity contribution in [3.05, 3.63) is 80.1 Å². The van der Waals surface area contributed by atoms with Gasteiger partial charge in [0, 0.05) is 23.9 Å². The van der Waals surface area contributed by atoms with E-state index < -0.39 is 28.6 Å². The number of anilines is 1. The van der Waals surface area contributed by atoms with Gasteiger partial charge in [-0.2, -0.15) is 0 Å². The molecule has 1 aromatic heterocycles. The largest absolute Gasteiger partial charge is 0.351 e. The number of benzene rings is 2. The molecule has 1 atom stereocenters. The molecule has 1 heterocycles. The van der Waals surface area contributed by atoms with Gasteiger partial charge in [-0.25, -0.2) is 4.39 Å². The second-order valence-electron chi connectivity index (χ2n) is 8.88. The van der Waals surface area contributed by atoms with Gasteiger partial charge in [-0.3, -0.25) is 24.6 Å². The summed E-state index contributed by atoms with van der Waals surface area (Å²) in [5.41, 5.74) is 0.806. The Morgan fingerprint density at radius 3 is 2.42 bits per heavy atom. The van der Waals surface area contributed by atoms with Crippen molar-refractivity contribution in [2.24, 2.45) is 0 Å². The lowest BCUT2D eigenvalue weighted by Gasteiger charge is -2.33. The highest BCUT2D eigenvalue weighted by atomic mass is 32.1. The molecule has 1 fully saturated rings. The van der Waals surface area contributed by atoms with Crippen LogP contribution in [0, 0.1) is 29.8 Å². The van der Waals surface area contributed by atoms with E-state index in [1.165, 1.54) is 41.3 Å². The van der Waals surface area contributed by atoms with Crippen LogP contribution in [0.25, 0.3) is 0 Å². The smallest absolute Gasteiger partial charge is 0.281 e. The molecule has 9 nitrogen and oxygen atoms in total. The van der Waals surface area contributed by atoms with Crippen LogP contribution >= 0.6 is 11.5 Å². The molecule has 1 aliphatic carbocycles. The van der Waals surface area contributed by atoms with Crippen LogP contribution in [0.15, 0.2) is 42.5 Å². The second kappa shape index (κ2) is 10.9. The number of carbonyl (C=O) groups is 2. The van der Waals surface area contributed by atoms with Crippen molar-refractivity contribution in [1.82, 2.24) is 14.9 Å². The number of nitro benzene ring substituents is 1. The van der Waals surface area contributed by atoms with E-state index in [1.54, 1.807) is 19.9 Å². The summed E-state index contributed by atoms with van der Waals surface area (Å²) in [5, 5.41) is 18.2. The zero-order valence-electron chi connectivity index (χ0n) is 19.9. The number of halogens is 1. The molecule has 0 spiro atoms. The molecule has 11 heteroatoms. The summed E-state index contributed by atoms with van der Waals surface area (Å²) in [5.74, 6) is -1.61. The van der Waals surface area contributed by atoms with E-state index in [-0.39, 0.29) is 23.1 Å². The molecule has 1 N–H and O–H groups in total. The van der Waals surface area contributed by atoms with Crippen molar-refractivity contribution in [2.45, 2.75) is 58.0 Å². The summed E-state index contributed by atoms with van der Waals surface area (Å²) in [6.07, 6.45) is 4.72. The minimum absolute atomic E-state index is 0.0540. The van der Waals surface area contributed by atoms with E-state index in [1.807, 2.05) is 0 Å². The summed E-state index contributed by atoms with van der Waals surface area (Å²) in [7, 11) is 0. The average Bonchev–Trinajstić information content (AvgIpc) is 3.30. The number of amides is 2. The molecule has 2 amide bonds. The molecule has 4 rings (SSSR count). The van der Waals surface area contributed by atoms with Crippen molar-refractivity contribution in [2.75, 3.05) is 4.90 Å². The van der Waals surface area contributed by atoms with Gasteiger partial charge in [-0.05, 0) is 73.6 Å². The van der Waals surface area contributed by atoms with Gasteiger partial charge in [0.15, 0.2) is 5.69 Å². The van der Waals surface area contributed by atoms with Gasteiger partial charge in [-0.1, -0.05) is 29.8 Å². The van der Waals surface area contributed by atoms with Gasteiger partial charge in [0.25, 0.3) is 11.6 Å². The third kappa shape index (κ3) is 5.40. The lowest BCUT2D eigenvalue weighted by Crippen LogP contribution is -2.47. The fraction of sp³-hybridized carbons (Fsp3) is 0.360. The minimum Gasteiger partial charge on any atom is -0.351 e. The molecule has 2 aromatic carbocycles. The average molecular weight is 512 g/mol. The van der Waals surface area contributed by atoms with E-state index in [0.717, 1.165) is 43.6 Å². The molecule has 0 radical (unpaired) electrons. The van der Waals surface area contributed by atoms with Crippen LogP contribution in [-0.4, -0.2) is 32.4 Å². The molecule has 1 unspecified atom stereocenters. The fourth-order valence-corrected chi connectivity index (χ4v) is 4.84. The third-order valence-electron chi connectivity index (χ3n) is 6.38. The predicted molar refractivity (Wildman–Crippen MR) is 133 cm³/mol. The normalized spacial score (nSPS) is 14.8. The number of hydrogen-bond donors (Lipinski definition) is 1. The fourth-order valence-electron chi connectivity index (χ4n) is 4.38. The molecular formula is C25H26FN5O4S. The van der Waals surface area contributed by atoms with Gasteiger partial charge in [0.1, 0.15) is 11.9 Å². The molecule has 36 heavy (non-hydrogen) atoms. The summed E-state index contributed by atoms with van der Waals surface area (Å²) >= 11 is 1.04. The number of carbonyl (C=O) groups excluding carboxylic acids is 2. The molecule has 3 aromatic rings. The highest BCUT2D eigenvalue weighted by molar-refractivity contribution is 7.05. The maximum Gasteiger partial charge on any atom is 0.281 e. The first-order chi connectivity index (χ1) is 17.3. The Labute approximate surface area is 211 Å². The molecular weight excluding hydrogens is 485 g/mol. The Hall–Kier alpha value is -3.73. The van der Waals surface area contributed by atoms with Gasteiger partial charge < -0.3 is 5.32 Å². The van der Waals surface area contributed by atoms with Crippen LogP contribution in [0.2, 0.25) is 0 Å². The Morgan fingerprint density at radius 1 is 1.14 bits per heavy atom. The van der Waals surface area contributed by atoms with Crippen LogP contribution in [0.5, 0.6) is 0 Å². The first-order valence-corrected chi connectivity index (χ1v) is 12.5. The Kier molecular flexibility index (Phi) is 7.68. The van der Waals surface area contributed by atoms with Crippen molar-refractivity contribution in [3.63, 3.8) is 0 Å². The van der Waals surface area contributed by atoms with Crippen LogP contribution in [0.4, 0.5) is 15.8 Å². The van der Waals surface area contributed by atoms with Gasteiger partial charge in [-0.15, -0.1) is 5.10 Å². The van der Waals surface area contributed by atoms with E-state index >= 15 is 0 Å². The van der Waals surface area contributed by atoms with E-state index in [4.69, 9.17) is 0 Å². The van der Waals surface area contributed by atoms with Crippen molar-refractivity contribution in [3.8, 4) is 0 Å². The minimum atomic E-state index is -1.22. The zero-order chi connectivity index (χ0) is 25.8. The van der Waals surface area contributed by atoms with Crippen LogP contribution in [0.3, 0.4) is 0 Å². The topological polar surface area (TPSA) is 118 Å². The van der Waals surface area contributed by atoms with Crippen molar-refractivity contribution < 1.29 is 18.9 Å². The van der Waals surface area contributed by atoms with Crippen molar-refractivity contribution >= 4 is 34.7 Å². The molecule has 0 bridgehead atoms. The number of nitro groups is 1. The molecule has 1 saturated carbocycles. The standard InChI is InChI=1S/C25H26FN5O4S/c1-15-8-11-20(14-21(15)26)30(25(33)22-16(2)36-29-28-22)23(17-9-12-19(13-10-17)31(34)35)24(32)27-18-6-4-3-5-7-18/h8-14,18,23H,3-7H2,1-2H3,(H,27,32). The summed E-state index contributed by atoms with van der Waals surface area (Å²) < 4.78 is 18.5. The first-order valence-electron chi connectivity index (χ1n) is 11.7. The van der Waals surface area contributed by atoms with E-state index in [2.05, 4.69) is 14.9 Å². The number of nitrogens with one attached hydrogen (secondary N) is 1. The monoisotopic (exact) mass is 511 g/mol.